The van der Waals surface area contributed by atoms with Crippen LogP contribution >= 0.6 is 0 Å². The molecule has 6 heteroatoms. The van der Waals surface area contributed by atoms with E-state index in [2.05, 4.69) is 87.8 Å². The summed E-state index contributed by atoms with van der Waals surface area (Å²) < 4.78 is 2.28. The Kier molecular flexibility index (Phi) is 4.74. The van der Waals surface area contributed by atoms with Gasteiger partial charge in [0.25, 0.3) is 0 Å². The number of carbonyl (C=O) groups is 1. The number of piperidine rings is 1. The number of pyridine rings is 1. The second kappa shape index (κ2) is 8.01. The maximum absolute atomic E-state index is 13.0. The molecule has 2 aliphatic rings. The van der Waals surface area contributed by atoms with Crippen molar-refractivity contribution < 1.29 is 10.0 Å². The van der Waals surface area contributed by atoms with Crippen LogP contribution in [0.3, 0.4) is 0 Å². The molecule has 2 N–H and O–H groups in total. The average Bonchev–Trinajstić information content (AvgIpc) is 3.43. The third-order valence-electron chi connectivity index (χ3n) is 7.94. The number of benzene rings is 3. The van der Waals surface area contributed by atoms with E-state index in [1.54, 1.807) is 0 Å². The third-order valence-corrected chi connectivity index (χ3v) is 7.94. The summed E-state index contributed by atoms with van der Waals surface area (Å²) in [4.78, 5) is 17.4. The van der Waals surface area contributed by atoms with E-state index in [4.69, 9.17) is 0 Å². The summed E-state index contributed by atoms with van der Waals surface area (Å²) in [6.07, 6.45) is 5.23. The van der Waals surface area contributed by atoms with Crippen molar-refractivity contribution in [3.8, 4) is 11.1 Å². The van der Waals surface area contributed by atoms with Crippen LogP contribution in [0.25, 0.3) is 32.9 Å². The highest BCUT2D eigenvalue weighted by molar-refractivity contribution is 6.07. The molecule has 0 aliphatic carbocycles. The summed E-state index contributed by atoms with van der Waals surface area (Å²) in [5.74, 6) is 0.0534. The minimum Gasteiger partial charge on any atom is -0.343 e. The lowest BCUT2D eigenvalue weighted by Crippen LogP contribution is -2.45. The number of nitrogens with one attached hydrogen (secondary N) is 1. The summed E-state index contributed by atoms with van der Waals surface area (Å²) >= 11 is 0. The number of hydrogen-bond acceptors (Lipinski definition) is 4. The van der Waals surface area contributed by atoms with Crippen molar-refractivity contribution in [1.82, 2.24) is 14.6 Å². The lowest BCUT2D eigenvalue weighted by atomic mass is 9.74. The zero-order valence-electron chi connectivity index (χ0n) is 19.8. The first-order chi connectivity index (χ1) is 17.6. The molecule has 1 spiro atoms. The van der Waals surface area contributed by atoms with Gasteiger partial charge in [-0.1, -0.05) is 36.4 Å². The van der Waals surface area contributed by atoms with Crippen LogP contribution in [0.2, 0.25) is 0 Å². The molecule has 0 bridgehead atoms. The third kappa shape index (κ3) is 3.33. The summed E-state index contributed by atoms with van der Waals surface area (Å²) in [7, 11) is 0. The van der Waals surface area contributed by atoms with Gasteiger partial charge in [-0.2, -0.15) is 5.06 Å². The van der Waals surface area contributed by atoms with E-state index in [1.165, 1.54) is 21.5 Å². The number of nitrogens with zero attached hydrogens (tertiary/aromatic N) is 3. The molecule has 6 nitrogen and oxygen atoms in total. The molecule has 0 unspecified atom stereocenters. The van der Waals surface area contributed by atoms with Gasteiger partial charge in [0.1, 0.15) is 0 Å². The molecule has 178 valence electrons. The van der Waals surface area contributed by atoms with Gasteiger partial charge in [-0.3, -0.25) is 9.78 Å². The molecule has 0 atom stereocenters. The van der Waals surface area contributed by atoms with Crippen molar-refractivity contribution in [1.29, 1.82) is 0 Å². The Labute approximate surface area is 208 Å². The number of amides is 1. The van der Waals surface area contributed by atoms with E-state index in [0.717, 1.165) is 39.8 Å². The molecule has 36 heavy (non-hydrogen) atoms. The maximum Gasteiger partial charge on any atom is 0.235 e. The van der Waals surface area contributed by atoms with E-state index < -0.39 is 5.41 Å². The van der Waals surface area contributed by atoms with Crippen LogP contribution in [0.1, 0.15) is 24.0 Å². The summed E-state index contributed by atoms with van der Waals surface area (Å²) in [5.41, 5.74) is 7.04. The first-order valence-electron chi connectivity index (χ1n) is 12.4. The highest BCUT2D eigenvalue weighted by atomic mass is 16.5. The van der Waals surface area contributed by atoms with Crippen LogP contribution in [-0.2, 0) is 16.8 Å². The Morgan fingerprint density at radius 3 is 2.64 bits per heavy atom. The lowest BCUT2D eigenvalue weighted by molar-refractivity contribution is -0.135. The van der Waals surface area contributed by atoms with Crippen molar-refractivity contribution in [3.63, 3.8) is 0 Å². The van der Waals surface area contributed by atoms with Gasteiger partial charge in [0.05, 0.1) is 10.9 Å². The number of fused-ring (bicyclic) bond motifs is 4. The van der Waals surface area contributed by atoms with Gasteiger partial charge in [0.2, 0.25) is 5.91 Å². The Morgan fingerprint density at radius 1 is 0.917 bits per heavy atom. The monoisotopic (exact) mass is 474 g/mol. The molecular formula is C30H26N4O2. The standard InChI is InChI=1S/C30H26N4O2/c35-29-30(10-14-34(36)15-11-30)25-7-6-22(17-27(25)32-29)23-5-4-21-9-13-33(28(21)18-23)19-20-3-8-26-24(16-20)2-1-12-31-26/h1-9,12-13,16-18,36H,10-11,14-15,19H2,(H,32,35). The van der Waals surface area contributed by atoms with Crippen LogP contribution in [0, 0.1) is 0 Å². The SMILES string of the molecule is O=C1Nc2cc(-c3ccc4ccn(Cc5ccc6ncccc6c5)c4c3)ccc2C12CCN(O)CC2. The smallest absolute Gasteiger partial charge is 0.235 e. The maximum atomic E-state index is 13.0. The summed E-state index contributed by atoms with van der Waals surface area (Å²) in [6, 6.07) is 25.5. The highest BCUT2D eigenvalue weighted by Crippen LogP contribution is 2.46. The zero-order valence-corrected chi connectivity index (χ0v) is 19.8. The fraction of sp³-hybridized carbons (Fsp3) is 0.200. The molecule has 0 saturated carbocycles. The van der Waals surface area contributed by atoms with Crippen LogP contribution < -0.4 is 5.32 Å². The largest absolute Gasteiger partial charge is 0.343 e. The first kappa shape index (κ1) is 21.3. The Hall–Kier alpha value is -4.00. The molecule has 3 aromatic carbocycles. The van der Waals surface area contributed by atoms with Crippen LogP contribution in [0.15, 0.2) is 85.2 Å². The van der Waals surface area contributed by atoms with Gasteiger partial charge in [0, 0.05) is 48.6 Å². The molecule has 2 aromatic heterocycles. The zero-order chi connectivity index (χ0) is 24.3. The molecule has 1 saturated heterocycles. The number of anilines is 1. The molecular weight excluding hydrogens is 448 g/mol. The van der Waals surface area contributed by atoms with Gasteiger partial charge in [-0.15, -0.1) is 0 Å². The minimum atomic E-state index is -0.527. The van der Waals surface area contributed by atoms with Gasteiger partial charge in [0.15, 0.2) is 0 Å². The molecule has 1 amide bonds. The van der Waals surface area contributed by atoms with Crippen molar-refractivity contribution >= 4 is 33.4 Å². The lowest BCUT2D eigenvalue weighted by Gasteiger charge is -2.35. The quantitative estimate of drug-likeness (QED) is 0.358. The Morgan fingerprint density at radius 2 is 1.75 bits per heavy atom. The molecule has 0 radical (unpaired) electrons. The predicted octanol–water partition coefficient (Wildman–Crippen LogP) is 5.58. The summed E-state index contributed by atoms with van der Waals surface area (Å²) in [6.45, 7) is 1.80. The van der Waals surface area contributed by atoms with E-state index in [0.29, 0.717) is 25.9 Å². The Bertz CT molecular complexity index is 1650. The van der Waals surface area contributed by atoms with Crippen molar-refractivity contribution in [2.24, 2.45) is 0 Å². The number of aromatic nitrogens is 2. The minimum absolute atomic E-state index is 0.0534. The van der Waals surface area contributed by atoms with E-state index in [9.17, 15) is 10.0 Å². The first-order valence-corrected chi connectivity index (χ1v) is 12.4. The number of carbonyl (C=O) groups excluding carboxylic acids is 1. The van der Waals surface area contributed by atoms with Crippen LogP contribution in [0.5, 0.6) is 0 Å². The van der Waals surface area contributed by atoms with Crippen molar-refractivity contribution in [2.75, 3.05) is 18.4 Å². The summed E-state index contributed by atoms with van der Waals surface area (Å²) in [5, 5.41) is 16.6. The topological polar surface area (TPSA) is 70.4 Å². The normalized spacial score (nSPS) is 17.1. The molecule has 4 heterocycles. The van der Waals surface area contributed by atoms with Crippen LogP contribution in [-0.4, -0.2) is 38.8 Å². The van der Waals surface area contributed by atoms with Gasteiger partial charge in [-0.05, 0) is 76.9 Å². The second-order valence-corrected chi connectivity index (χ2v) is 10.00. The number of hydroxylamine groups is 2. The van der Waals surface area contributed by atoms with Gasteiger partial charge < -0.3 is 15.1 Å². The molecule has 7 rings (SSSR count). The van der Waals surface area contributed by atoms with E-state index in [1.807, 2.05) is 12.3 Å². The van der Waals surface area contributed by atoms with Gasteiger partial charge in [-0.25, -0.2) is 0 Å². The van der Waals surface area contributed by atoms with E-state index >= 15 is 0 Å². The average molecular weight is 475 g/mol. The van der Waals surface area contributed by atoms with E-state index in [-0.39, 0.29) is 5.91 Å². The number of hydrogen-bond donors (Lipinski definition) is 2. The van der Waals surface area contributed by atoms with Crippen LogP contribution in [0.4, 0.5) is 5.69 Å². The van der Waals surface area contributed by atoms with Gasteiger partial charge >= 0.3 is 0 Å². The Balaban J connectivity index is 1.22. The molecule has 5 aromatic rings. The molecule has 2 aliphatic heterocycles. The predicted molar refractivity (Wildman–Crippen MR) is 141 cm³/mol. The van der Waals surface area contributed by atoms with Crippen molar-refractivity contribution in [2.45, 2.75) is 24.8 Å². The second-order valence-electron chi connectivity index (χ2n) is 10.00. The number of rotatable bonds is 3. The highest BCUT2D eigenvalue weighted by Gasteiger charge is 2.48. The van der Waals surface area contributed by atoms with Crippen molar-refractivity contribution in [3.05, 3.63) is 96.3 Å². The fourth-order valence-electron chi connectivity index (χ4n) is 5.90. The fourth-order valence-corrected chi connectivity index (χ4v) is 5.90. The molecule has 1 fully saturated rings.